The molecule has 0 spiro atoms. The molecule has 0 fully saturated rings. The van der Waals surface area contributed by atoms with Crippen LogP contribution in [0.25, 0.3) is 0 Å². The summed E-state index contributed by atoms with van der Waals surface area (Å²) in [5, 5.41) is 8.00. The lowest BCUT2D eigenvalue weighted by molar-refractivity contribution is -0.234. The fourth-order valence-corrected chi connectivity index (χ4v) is 1.33. The van der Waals surface area contributed by atoms with Crippen molar-refractivity contribution in [1.29, 1.82) is 0 Å². The van der Waals surface area contributed by atoms with Gasteiger partial charge in [-0.3, -0.25) is 0 Å². The van der Waals surface area contributed by atoms with Crippen LogP contribution in [0.1, 0.15) is 12.0 Å². The zero-order valence-corrected chi connectivity index (χ0v) is 8.62. The summed E-state index contributed by atoms with van der Waals surface area (Å²) in [5.74, 6) is -4.43. The minimum absolute atomic E-state index is 0.151. The zero-order chi connectivity index (χ0) is 13.0. The highest BCUT2D eigenvalue weighted by atomic mass is 19.2. The molecule has 0 radical (unpaired) electrons. The molecule has 1 aromatic carbocycles. The number of hydrogen-bond donors (Lipinski definition) is 2. The van der Waals surface area contributed by atoms with E-state index in [4.69, 9.17) is 11.0 Å². The Morgan fingerprint density at radius 1 is 1.29 bits per heavy atom. The van der Waals surface area contributed by atoms with Gasteiger partial charge in [0.05, 0.1) is 6.42 Å². The second-order valence-electron chi connectivity index (χ2n) is 3.49. The first-order valence-electron chi connectivity index (χ1n) is 4.67. The van der Waals surface area contributed by atoms with E-state index in [0.717, 1.165) is 0 Å². The minimum Gasteiger partial charge on any atom is -0.327 e. The number of rotatable bonds is 4. The average Bonchev–Trinajstić information content (AvgIpc) is 2.25. The molecule has 1 aromatic rings. The standard InChI is InChI=1S/C10H10F3NO3/c11-7-4-9(13)8(12)2-5(7)1-6(14)3-10(15)17-16/h2,4,6,16H,1,3,14H2. The van der Waals surface area contributed by atoms with Crippen molar-refractivity contribution in [3.05, 3.63) is 35.1 Å². The third kappa shape index (κ3) is 3.72. The third-order valence-electron chi connectivity index (χ3n) is 2.10. The summed E-state index contributed by atoms with van der Waals surface area (Å²) in [6.45, 7) is 0. The smallest absolute Gasteiger partial charge is 0.327 e. The van der Waals surface area contributed by atoms with Gasteiger partial charge in [-0.2, -0.15) is 5.26 Å². The topological polar surface area (TPSA) is 72.6 Å². The highest BCUT2D eigenvalue weighted by molar-refractivity contribution is 5.69. The van der Waals surface area contributed by atoms with Crippen LogP contribution in [-0.4, -0.2) is 17.3 Å². The second-order valence-corrected chi connectivity index (χ2v) is 3.49. The Balaban J connectivity index is 2.74. The monoisotopic (exact) mass is 249 g/mol. The number of halogens is 3. The first-order valence-corrected chi connectivity index (χ1v) is 4.67. The zero-order valence-electron chi connectivity index (χ0n) is 8.62. The first kappa shape index (κ1) is 13.5. The van der Waals surface area contributed by atoms with Crippen molar-refractivity contribution < 1.29 is 28.1 Å². The lowest BCUT2D eigenvalue weighted by Crippen LogP contribution is -2.27. The van der Waals surface area contributed by atoms with E-state index in [1.54, 1.807) is 0 Å². The van der Waals surface area contributed by atoms with Crippen molar-refractivity contribution in [2.75, 3.05) is 0 Å². The van der Waals surface area contributed by atoms with Gasteiger partial charge in [-0.15, -0.1) is 0 Å². The maximum absolute atomic E-state index is 13.2. The van der Waals surface area contributed by atoms with E-state index in [0.29, 0.717) is 12.1 Å². The molecule has 1 unspecified atom stereocenters. The summed E-state index contributed by atoms with van der Waals surface area (Å²) < 4.78 is 38.6. The predicted molar refractivity (Wildman–Crippen MR) is 51.3 cm³/mol. The Morgan fingerprint density at radius 2 is 1.88 bits per heavy atom. The maximum Gasteiger partial charge on any atom is 0.343 e. The van der Waals surface area contributed by atoms with E-state index in [2.05, 4.69) is 4.89 Å². The average molecular weight is 249 g/mol. The summed E-state index contributed by atoms with van der Waals surface area (Å²) in [4.78, 5) is 14.0. The van der Waals surface area contributed by atoms with Gasteiger partial charge < -0.3 is 10.6 Å². The van der Waals surface area contributed by atoms with Crippen molar-refractivity contribution in [2.45, 2.75) is 18.9 Å². The van der Waals surface area contributed by atoms with Gasteiger partial charge in [0.25, 0.3) is 0 Å². The van der Waals surface area contributed by atoms with E-state index < -0.39 is 29.5 Å². The summed E-state index contributed by atoms with van der Waals surface area (Å²) >= 11 is 0. The molecule has 7 heteroatoms. The molecule has 1 rings (SSSR count). The highest BCUT2D eigenvalue weighted by Crippen LogP contribution is 2.15. The number of hydrogen-bond acceptors (Lipinski definition) is 4. The lowest BCUT2D eigenvalue weighted by Gasteiger charge is -2.10. The quantitative estimate of drug-likeness (QED) is 0.480. The molecular weight excluding hydrogens is 239 g/mol. The van der Waals surface area contributed by atoms with Crippen LogP contribution in [0.3, 0.4) is 0 Å². The summed E-state index contributed by atoms with van der Waals surface area (Å²) in [5.41, 5.74) is 5.29. The molecule has 0 saturated heterocycles. The van der Waals surface area contributed by atoms with Crippen LogP contribution in [0.4, 0.5) is 13.2 Å². The normalized spacial score (nSPS) is 12.3. The van der Waals surface area contributed by atoms with Gasteiger partial charge in [0.15, 0.2) is 11.6 Å². The molecule has 0 heterocycles. The van der Waals surface area contributed by atoms with E-state index >= 15 is 0 Å². The van der Waals surface area contributed by atoms with Crippen LogP contribution in [0.5, 0.6) is 0 Å². The summed E-state index contributed by atoms with van der Waals surface area (Å²) in [6, 6.07) is 0.213. The molecule has 4 nitrogen and oxygen atoms in total. The van der Waals surface area contributed by atoms with Crippen molar-refractivity contribution >= 4 is 5.97 Å². The Kier molecular flexibility index (Phi) is 4.47. The van der Waals surface area contributed by atoms with Gasteiger partial charge in [-0.25, -0.2) is 18.0 Å². The van der Waals surface area contributed by atoms with Crippen LogP contribution in [0.2, 0.25) is 0 Å². The van der Waals surface area contributed by atoms with Gasteiger partial charge in [0.1, 0.15) is 5.82 Å². The molecule has 0 bridgehead atoms. The van der Waals surface area contributed by atoms with Crippen LogP contribution in [0.15, 0.2) is 12.1 Å². The van der Waals surface area contributed by atoms with Crippen molar-refractivity contribution in [1.82, 2.24) is 0 Å². The molecule has 0 aliphatic carbocycles. The number of carbonyl (C=O) groups is 1. The van der Waals surface area contributed by atoms with Crippen LogP contribution >= 0.6 is 0 Å². The lowest BCUT2D eigenvalue weighted by atomic mass is 10.0. The van der Waals surface area contributed by atoms with Gasteiger partial charge in [-0.05, 0) is 18.1 Å². The fraction of sp³-hybridized carbons (Fsp3) is 0.300. The molecule has 17 heavy (non-hydrogen) atoms. The Bertz CT molecular complexity index is 426. The molecule has 0 aromatic heterocycles. The van der Waals surface area contributed by atoms with Crippen LogP contribution in [-0.2, 0) is 16.1 Å². The summed E-state index contributed by atoms with van der Waals surface area (Å²) in [7, 11) is 0. The largest absolute Gasteiger partial charge is 0.343 e. The van der Waals surface area contributed by atoms with E-state index in [9.17, 15) is 18.0 Å². The molecule has 0 amide bonds. The Labute approximate surface area is 94.7 Å². The maximum atomic E-state index is 13.2. The predicted octanol–water partition coefficient (Wildman–Crippen LogP) is 1.38. The highest BCUT2D eigenvalue weighted by Gasteiger charge is 2.16. The minimum atomic E-state index is -1.30. The SMILES string of the molecule is NC(CC(=O)OO)Cc1cc(F)c(F)cc1F. The van der Waals surface area contributed by atoms with Crippen LogP contribution in [0, 0.1) is 17.5 Å². The molecular formula is C10H10F3NO3. The van der Waals surface area contributed by atoms with Crippen molar-refractivity contribution in [2.24, 2.45) is 5.73 Å². The number of carbonyl (C=O) groups excluding carboxylic acids is 1. The van der Waals surface area contributed by atoms with Crippen molar-refractivity contribution in [3.8, 4) is 0 Å². The number of nitrogens with two attached hydrogens (primary N) is 1. The molecule has 0 saturated carbocycles. The Hall–Kier alpha value is -1.60. The molecule has 94 valence electrons. The molecule has 3 N–H and O–H groups in total. The second kappa shape index (κ2) is 5.65. The Morgan fingerprint density at radius 3 is 2.47 bits per heavy atom. The third-order valence-corrected chi connectivity index (χ3v) is 2.10. The van der Waals surface area contributed by atoms with E-state index in [1.165, 1.54) is 0 Å². The van der Waals surface area contributed by atoms with Crippen molar-refractivity contribution in [3.63, 3.8) is 0 Å². The molecule has 0 aliphatic heterocycles. The number of benzene rings is 1. The fourth-order valence-electron chi connectivity index (χ4n) is 1.33. The van der Waals surface area contributed by atoms with E-state index in [1.807, 2.05) is 0 Å². The molecule has 1 atom stereocenters. The first-order chi connectivity index (χ1) is 7.93. The van der Waals surface area contributed by atoms with Gasteiger partial charge >= 0.3 is 5.97 Å². The van der Waals surface area contributed by atoms with Gasteiger partial charge in [-0.1, -0.05) is 0 Å². The van der Waals surface area contributed by atoms with Gasteiger partial charge in [0, 0.05) is 12.1 Å². The van der Waals surface area contributed by atoms with Crippen LogP contribution < -0.4 is 5.73 Å². The molecule has 0 aliphatic rings. The van der Waals surface area contributed by atoms with E-state index in [-0.39, 0.29) is 18.4 Å². The van der Waals surface area contributed by atoms with Gasteiger partial charge in [0.2, 0.25) is 0 Å². The summed E-state index contributed by atoms with van der Waals surface area (Å²) in [6.07, 6.45) is -0.549.